The number of ether oxygens (including phenoxy) is 1. The third-order valence-corrected chi connectivity index (χ3v) is 9.37. The minimum Gasteiger partial charge on any atom is -0.495 e. The lowest BCUT2D eigenvalue weighted by atomic mass is 10.1. The molecule has 0 aliphatic rings. The third kappa shape index (κ3) is 9.34. The van der Waals surface area contributed by atoms with Crippen molar-refractivity contribution in [3.05, 3.63) is 154 Å². The van der Waals surface area contributed by atoms with E-state index < -0.39 is 17.1 Å². The van der Waals surface area contributed by atoms with E-state index in [0.717, 1.165) is 27.3 Å². The van der Waals surface area contributed by atoms with Crippen molar-refractivity contribution in [3.63, 3.8) is 0 Å². The summed E-state index contributed by atoms with van der Waals surface area (Å²) in [5.41, 5.74) is 4.94. The van der Waals surface area contributed by atoms with Gasteiger partial charge in [-0.3, -0.25) is 14.4 Å². The second kappa shape index (κ2) is 16.7. The molecule has 0 saturated heterocycles. The van der Waals surface area contributed by atoms with Gasteiger partial charge in [0.2, 0.25) is 5.91 Å². The Kier molecular flexibility index (Phi) is 12.0. The first-order chi connectivity index (χ1) is 24.1. The number of nitrogens with zero attached hydrogens (tertiary/aromatic N) is 1. The van der Waals surface area contributed by atoms with Crippen LogP contribution in [0.1, 0.15) is 32.3 Å². The minimum absolute atomic E-state index is 0.0867. The SMILES string of the molecule is COc1cc(Cl)c(C)cc1NC(=O)C(Sc1ccc(NC(=O)/C(=C/c2ccc(N(C)C)cc2)NC(=O)c2ccccc2)cc1)c1ccccc1. The molecule has 0 heterocycles. The maximum atomic E-state index is 13.7. The average Bonchev–Trinajstić information content (AvgIpc) is 3.13. The fraction of sp³-hybridized carbons (Fsp3) is 0.125. The summed E-state index contributed by atoms with van der Waals surface area (Å²) in [6.07, 6.45) is 1.64. The van der Waals surface area contributed by atoms with Crippen LogP contribution in [0, 0.1) is 6.92 Å². The van der Waals surface area contributed by atoms with E-state index >= 15 is 0 Å². The number of methoxy groups -OCH3 is 1. The summed E-state index contributed by atoms with van der Waals surface area (Å²) in [6.45, 7) is 1.86. The normalized spacial score (nSPS) is 11.7. The summed E-state index contributed by atoms with van der Waals surface area (Å²) >= 11 is 7.65. The summed E-state index contributed by atoms with van der Waals surface area (Å²) in [4.78, 5) is 43.2. The van der Waals surface area contributed by atoms with Crippen LogP contribution in [0.5, 0.6) is 5.75 Å². The lowest BCUT2D eigenvalue weighted by Gasteiger charge is -2.19. The first kappa shape index (κ1) is 35.8. The lowest BCUT2D eigenvalue weighted by molar-refractivity contribution is -0.116. The van der Waals surface area contributed by atoms with Crippen molar-refractivity contribution in [2.24, 2.45) is 0 Å². The molecule has 0 radical (unpaired) electrons. The Balaban J connectivity index is 1.35. The molecule has 8 nitrogen and oxygen atoms in total. The molecule has 0 saturated carbocycles. The van der Waals surface area contributed by atoms with Gasteiger partial charge in [-0.2, -0.15) is 0 Å². The zero-order valence-corrected chi connectivity index (χ0v) is 29.6. The molecule has 3 amide bonds. The average molecular weight is 705 g/mol. The van der Waals surface area contributed by atoms with Gasteiger partial charge in [-0.25, -0.2) is 0 Å². The van der Waals surface area contributed by atoms with Crippen LogP contribution < -0.4 is 25.6 Å². The number of carbonyl (C=O) groups excluding carboxylic acids is 3. The Bertz CT molecular complexity index is 1980. The van der Waals surface area contributed by atoms with Crippen molar-refractivity contribution in [1.29, 1.82) is 0 Å². The van der Waals surface area contributed by atoms with Crippen molar-refractivity contribution < 1.29 is 19.1 Å². The third-order valence-electron chi connectivity index (χ3n) is 7.69. The number of rotatable bonds is 12. The number of thioether (sulfide) groups is 1. The van der Waals surface area contributed by atoms with Gasteiger partial charge in [-0.1, -0.05) is 72.3 Å². The van der Waals surface area contributed by atoms with Crippen LogP contribution in [-0.4, -0.2) is 38.9 Å². The van der Waals surface area contributed by atoms with Crippen molar-refractivity contribution in [1.82, 2.24) is 5.32 Å². The molecule has 5 rings (SSSR count). The summed E-state index contributed by atoms with van der Waals surface area (Å²) < 4.78 is 5.47. The van der Waals surface area contributed by atoms with E-state index in [9.17, 15) is 14.4 Å². The first-order valence-corrected chi connectivity index (χ1v) is 17.0. The second-order valence-corrected chi connectivity index (χ2v) is 13.1. The fourth-order valence-electron chi connectivity index (χ4n) is 4.96. The summed E-state index contributed by atoms with van der Waals surface area (Å²) in [5, 5.41) is 8.63. The summed E-state index contributed by atoms with van der Waals surface area (Å²) in [5.74, 6) is -0.661. The highest BCUT2D eigenvalue weighted by atomic mass is 35.5. The van der Waals surface area contributed by atoms with Crippen LogP contribution >= 0.6 is 23.4 Å². The van der Waals surface area contributed by atoms with Crippen molar-refractivity contribution in [3.8, 4) is 5.75 Å². The van der Waals surface area contributed by atoms with E-state index in [2.05, 4.69) is 16.0 Å². The van der Waals surface area contributed by atoms with Gasteiger partial charge in [0.05, 0.1) is 12.8 Å². The van der Waals surface area contributed by atoms with E-state index in [4.69, 9.17) is 16.3 Å². The molecular weight excluding hydrogens is 668 g/mol. The molecule has 5 aromatic carbocycles. The maximum Gasteiger partial charge on any atom is 0.272 e. The monoisotopic (exact) mass is 704 g/mol. The number of amides is 3. The van der Waals surface area contributed by atoms with E-state index in [1.807, 2.05) is 98.7 Å². The fourth-order valence-corrected chi connectivity index (χ4v) is 6.14. The second-order valence-electron chi connectivity index (χ2n) is 11.5. The molecule has 0 aromatic heterocycles. The zero-order chi connectivity index (χ0) is 35.6. The van der Waals surface area contributed by atoms with Gasteiger partial charge in [0, 0.05) is 47.0 Å². The Hall–Kier alpha value is -5.51. The molecule has 10 heteroatoms. The summed E-state index contributed by atoms with van der Waals surface area (Å²) in [7, 11) is 5.42. The number of nitrogens with one attached hydrogen (secondary N) is 3. The number of aryl methyl sites for hydroxylation is 1. The molecule has 50 heavy (non-hydrogen) atoms. The molecule has 1 unspecified atom stereocenters. The van der Waals surface area contributed by atoms with Crippen molar-refractivity contribution in [2.75, 3.05) is 36.7 Å². The van der Waals surface area contributed by atoms with Crippen LogP contribution in [0.3, 0.4) is 0 Å². The maximum absolute atomic E-state index is 13.7. The van der Waals surface area contributed by atoms with Gasteiger partial charge in [0.15, 0.2) is 0 Å². The lowest BCUT2D eigenvalue weighted by Crippen LogP contribution is -2.30. The van der Waals surface area contributed by atoms with Crippen LogP contribution in [0.15, 0.2) is 132 Å². The molecular formula is C40H37ClN4O4S. The van der Waals surface area contributed by atoms with E-state index in [1.165, 1.54) is 18.9 Å². The molecule has 1 atom stereocenters. The number of hydrogen-bond acceptors (Lipinski definition) is 6. The van der Waals surface area contributed by atoms with Crippen LogP contribution in [0.2, 0.25) is 5.02 Å². The quantitative estimate of drug-likeness (QED) is 0.0889. The smallest absolute Gasteiger partial charge is 0.272 e. The van der Waals surface area contributed by atoms with Crippen molar-refractivity contribution >= 4 is 64.2 Å². The van der Waals surface area contributed by atoms with Crippen molar-refractivity contribution in [2.45, 2.75) is 17.1 Å². The van der Waals surface area contributed by atoms with Crippen LogP contribution in [0.25, 0.3) is 6.08 Å². The number of carbonyl (C=O) groups is 3. The number of halogens is 1. The highest BCUT2D eigenvalue weighted by molar-refractivity contribution is 8.00. The number of hydrogen-bond donors (Lipinski definition) is 3. The predicted molar refractivity (Wildman–Crippen MR) is 204 cm³/mol. The largest absolute Gasteiger partial charge is 0.495 e. The number of anilines is 3. The molecule has 0 bridgehead atoms. The molecule has 254 valence electrons. The molecule has 5 aromatic rings. The van der Waals surface area contributed by atoms with E-state index in [0.29, 0.717) is 27.7 Å². The number of benzene rings is 5. The predicted octanol–water partition coefficient (Wildman–Crippen LogP) is 8.60. The highest BCUT2D eigenvalue weighted by Crippen LogP contribution is 2.38. The summed E-state index contributed by atoms with van der Waals surface area (Å²) in [6, 6.07) is 36.5. The molecule has 3 N–H and O–H groups in total. The Morgan fingerprint density at radius 1 is 0.820 bits per heavy atom. The zero-order valence-electron chi connectivity index (χ0n) is 28.1. The highest BCUT2D eigenvalue weighted by Gasteiger charge is 2.24. The van der Waals surface area contributed by atoms with E-state index in [-0.39, 0.29) is 11.6 Å². The van der Waals surface area contributed by atoms with E-state index in [1.54, 1.807) is 54.6 Å². The molecule has 0 spiro atoms. The van der Waals surface area contributed by atoms with Crippen LogP contribution in [-0.2, 0) is 9.59 Å². The van der Waals surface area contributed by atoms with Crippen LogP contribution in [0.4, 0.5) is 17.1 Å². The standard InChI is InChI=1S/C40H37ClN4O4S/c1-26-23-34(36(49-4)25-33(26)41)43-40(48)37(28-11-7-5-8-12-28)50-32-21-17-30(18-22-32)42-39(47)35(44-38(46)29-13-9-6-10-14-29)24-27-15-19-31(20-16-27)45(2)3/h5-25,37H,1-4H3,(H,42,47)(H,43,48)(H,44,46)/b35-24-. The minimum atomic E-state index is -0.598. The molecule has 0 fully saturated rings. The molecule has 0 aliphatic heterocycles. The van der Waals surface area contributed by atoms with Gasteiger partial charge in [-0.15, -0.1) is 11.8 Å². The van der Waals surface area contributed by atoms with Gasteiger partial charge in [0.1, 0.15) is 16.7 Å². The molecule has 0 aliphatic carbocycles. The van der Waals surface area contributed by atoms with Gasteiger partial charge >= 0.3 is 0 Å². The Labute approximate surface area is 301 Å². The first-order valence-electron chi connectivity index (χ1n) is 15.7. The van der Waals surface area contributed by atoms with Gasteiger partial charge in [0.25, 0.3) is 11.8 Å². The topological polar surface area (TPSA) is 99.8 Å². The Morgan fingerprint density at radius 2 is 1.46 bits per heavy atom. The van der Waals surface area contributed by atoms with Gasteiger partial charge < -0.3 is 25.6 Å². The Morgan fingerprint density at radius 3 is 2.08 bits per heavy atom. The van der Waals surface area contributed by atoms with Gasteiger partial charge in [-0.05, 0) is 84.3 Å².